The molecule has 2 aromatic carbocycles. The van der Waals surface area contributed by atoms with E-state index in [9.17, 15) is 4.79 Å². The average molecular weight is 340 g/mol. The van der Waals surface area contributed by atoms with Gasteiger partial charge in [0.25, 0.3) is 0 Å². The van der Waals surface area contributed by atoms with Crippen molar-refractivity contribution >= 4 is 55.9 Å². The van der Waals surface area contributed by atoms with E-state index in [-0.39, 0.29) is 11.7 Å². The maximum Gasteiger partial charge on any atom is 0.242 e. The number of benzene rings is 2. The van der Waals surface area contributed by atoms with Crippen LogP contribution in [-0.4, -0.2) is 26.4 Å². The van der Waals surface area contributed by atoms with Crippen LogP contribution in [0.2, 0.25) is 0 Å². The number of aromatic nitrogens is 3. The molecule has 23 heavy (non-hydrogen) atoms. The Morgan fingerprint density at radius 2 is 1.65 bits per heavy atom. The molecule has 0 radical (unpaired) electrons. The Kier molecular flexibility index (Phi) is 3.51. The number of carbonyl (C=O) groups is 1. The molecule has 5 nitrogen and oxygen atoms in total. The number of nitrogens with two attached hydrogens (primary N) is 1. The molecular formula is C16H12N4OS2. The summed E-state index contributed by atoms with van der Waals surface area (Å²) in [6, 6.07) is 15.9. The normalized spacial score (nSPS) is 11.3. The molecule has 0 spiro atoms. The summed E-state index contributed by atoms with van der Waals surface area (Å²) in [5.41, 5.74) is 7.42. The molecular weight excluding hydrogens is 328 g/mol. The van der Waals surface area contributed by atoms with Crippen LogP contribution < -0.4 is 5.73 Å². The van der Waals surface area contributed by atoms with Crippen LogP contribution in [0.3, 0.4) is 0 Å². The first-order chi connectivity index (χ1) is 11.2. The van der Waals surface area contributed by atoms with E-state index in [0.717, 1.165) is 21.8 Å². The lowest BCUT2D eigenvalue weighted by Gasteiger charge is -2.04. The zero-order valence-electron chi connectivity index (χ0n) is 12.0. The summed E-state index contributed by atoms with van der Waals surface area (Å²) in [6.45, 7) is 0. The molecule has 114 valence electrons. The summed E-state index contributed by atoms with van der Waals surface area (Å²) in [5, 5.41) is 10.3. The van der Waals surface area contributed by atoms with Crippen LogP contribution in [-0.2, 0) is 0 Å². The number of rotatable bonds is 3. The molecule has 0 saturated heterocycles. The van der Waals surface area contributed by atoms with Gasteiger partial charge in [0.1, 0.15) is 0 Å². The van der Waals surface area contributed by atoms with E-state index in [1.54, 1.807) is 4.57 Å². The molecule has 2 N–H and O–H groups in total. The van der Waals surface area contributed by atoms with Crippen LogP contribution in [0.5, 0.6) is 0 Å². The van der Waals surface area contributed by atoms with Gasteiger partial charge in [-0.25, -0.2) is 0 Å². The molecule has 2 heterocycles. The minimum absolute atomic E-state index is 0.0150. The van der Waals surface area contributed by atoms with Crippen LogP contribution in [0.25, 0.3) is 21.8 Å². The zero-order valence-corrected chi connectivity index (χ0v) is 13.6. The van der Waals surface area contributed by atoms with Gasteiger partial charge >= 0.3 is 0 Å². The standard InChI is InChI=1S/C16H12N4OS2/c17-15-18-19-16(23-15)22-9-14(21)20-12-7-3-1-5-10(12)11-6-2-4-8-13(11)20/h1-8H,9H2,(H2,17,18). The van der Waals surface area contributed by atoms with Crippen molar-refractivity contribution in [2.45, 2.75) is 4.34 Å². The van der Waals surface area contributed by atoms with Crippen LogP contribution in [0.4, 0.5) is 5.13 Å². The first-order valence-corrected chi connectivity index (χ1v) is 8.77. The van der Waals surface area contributed by atoms with E-state index in [2.05, 4.69) is 10.2 Å². The second kappa shape index (κ2) is 5.68. The largest absolute Gasteiger partial charge is 0.374 e. The molecule has 2 aromatic heterocycles. The number of hydrogen-bond acceptors (Lipinski definition) is 6. The van der Waals surface area contributed by atoms with Crippen molar-refractivity contribution < 1.29 is 4.79 Å². The number of carbonyl (C=O) groups excluding carboxylic acids is 1. The number of nitrogens with zero attached hydrogens (tertiary/aromatic N) is 3. The highest BCUT2D eigenvalue weighted by Crippen LogP contribution is 2.30. The Labute approximate surface area is 140 Å². The first-order valence-electron chi connectivity index (χ1n) is 6.97. The number of fused-ring (bicyclic) bond motifs is 3. The minimum atomic E-state index is 0.0150. The summed E-state index contributed by atoms with van der Waals surface area (Å²) < 4.78 is 2.49. The fourth-order valence-corrected chi connectivity index (χ4v) is 4.14. The third kappa shape index (κ3) is 2.47. The molecule has 0 fully saturated rings. The Hall–Kier alpha value is -2.38. The van der Waals surface area contributed by atoms with Gasteiger partial charge < -0.3 is 5.73 Å². The number of anilines is 1. The van der Waals surface area contributed by atoms with Crippen LogP contribution in [0.1, 0.15) is 4.79 Å². The SMILES string of the molecule is Nc1nnc(SCC(=O)n2c3ccccc3c3ccccc32)s1. The van der Waals surface area contributed by atoms with Gasteiger partial charge in [0.2, 0.25) is 11.0 Å². The minimum Gasteiger partial charge on any atom is -0.374 e. The summed E-state index contributed by atoms with van der Waals surface area (Å²) in [5.74, 6) is 0.304. The van der Waals surface area contributed by atoms with Crippen molar-refractivity contribution in [2.24, 2.45) is 0 Å². The van der Waals surface area contributed by atoms with Crippen molar-refractivity contribution in [3.63, 3.8) is 0 Å². The number of para-hydroxylation sites is 2. The van der Waals surface area contributed by atoms with Crippen molar-refractivity contribution in [3.8, 4) is 0 Å². The molecule has 0 aliphatic heterocycles. The van der Waals surface area contributed by atoms with E-state index >= 15 is 0 Å². The summed E-state index contributed by atoms with van der Waals surface area (Å²) in [6.07, 6.45) is 0. The first kappa shape index (κ1) is 14.2. The highest BCUT2D eigenvalue weighted by Gasteiger charge is 2.16. The fourth-order valence-electron chi connectivity index (χ4n) is 2.66. The molecule has 0 unspecified atom stereocenters. The lowest BCUT2D eigenvalue weighted by atomic mass is 10.2. The number of nitrogen functional groups attached to an aromatic ring is 1. The predicted octanol–water partition coefficient (Wildman–Crippen LogP) is 3.66. The van der Waals surface area contributed by atoms with Crippen molar-refractivity contribution in [1.82, 2.24) is 14.8 Å². The van der Waals surface area contributed by atoms with Gasteiger partial charge in [0.05, 0.1) is 16.8 Å². The second-order valence-electron chi connectivity index (χ2n) is 4.96. The van der Waals surface area contributed by atoms with Gasteiger partial charge in [-0.05, 0) is 12.1 Å². The number of hydrogen-bond donors (Lipinski definition) is 1. The Bertz CT molecular complexity index is 968. The third-order valence-electron chi connectivity index (χ3n) is 3.57. The van der Waals surface area contributed by atoms with Gasteiger partial charge in [0, 0.05) is 10.8 Å². The second-order valence-corrected chi connectivity index (χ2v) is 7.19. The molecule has 4 aromatic rings. The quantitative estimate of drug-likeness (QED) is 0.576. The smallest absolute Gasteiger partial charge is 0.242 e. The highest BCUT2D eigenvalue weighted by atomic mass is 32.2. The molecule has 0 atom stereocenters. The van der Waals surface area contributed by atoms with Crippen molar-refractivity contribution in [1.29, 1.82) is 0 Å². The number of thioether (sulfide) groups is 1. The van der Waals surface area contributed by atoms with E-state index in [1.807, 2.05) is 48.5 Å². The molecule has 0 bridgehead atoms. The van der Waals surface area contributed by atoms with Gasteiger partial charge in [-0.3, -0.25) is 9.36 Å². The van der Waals surface area contributed by atoms with Gasteiger partial charge in [-0.1, -0.05) is 59.5 Å². The predicted molar refractivity (Wildman–Crippen MR) is 95.1 cm³/mol. The van der Waals surface area contributed by atoms with E-state index in [0.29, 0.717) is 9.47 Å². The van der Waals surface area contributed by atoms with Crippen LogP contribution >= 0.6 is 23.1 Å². The maximum atomic E-state index is 12.8. The topological polar surface area (TPSA) is 73.8 Å². The van der Waals surface area contributed by atoms with E-state index < -0.39 is 0 Å². The summed E-state index contributed by atoms with van der Waals surface area (Å²) in [7, 11) is 0. The lowest BCUT2D eigenvalue weighted by Crippen LogP contribution is -2.12. The monoisotopic (exact) mass is 340 g/mol. The van der Waals surface area contributed by atoms with Crippen LogP contribution in [0.15, 0.2) is 52.9 Å². The molecule has 0 aliphatic rings. The van der Waals surface area contributed by atoms with E-state index in [4.69, 9.17) is 5.73 Å². The van der Waals surface area contributed by atoms with Crippen LogP contribution in [0, 0.1) is 0 Å². The summed E-state index contributed by atoms with van der Waals surface area (Å²) in [4.78, 5) is 12.8. The molecule has 0 amide bonds. The zero-order chi connectivity index (χ0) is 15.8. The highest BCUT2D eigenvalue weighted by molar-refractivity contribution is 8.01. The Morgan fingerprint density at radius 1 is 1.04 bits per heavy atom. The molecule has 0 aliphatic carbocycles. The maximum absolute atomic E-state index is 12.8. The van der Waals surface area contributed by atoms with Gasteiger partial charge in [-0.2, -0.15) is 0 Å². The average Bonchev–Trinajstić information content (AvgIpc) is 3.14. The molecule has 0 saturated carbocycles. The Morgan fingerprint density at radius 3 is 2.22 bits per heavy atom. The van der Waals surface area contributed by atoms with Crippen molar-refractivity contribution in [2.75, 3.05) is 11.5 Å². The lowest BCUT2D eigenvalue weighted by molar-refractivity contribution is 0.0951. The van der Waals surface area contributed by atoms with Crippen molar-refractivity contribution in [3.05, 3.63) is 48.5 Å². The van der Waals surface area contributed by atoms with E-state index in [1.165, 1.54) is 23.1 Å². The summed E-state index contributed by atoms with van der Waals surface area (Å²) >= 11 is 2.65. The van der Waals surface area contributed by atoms with Gasteiger partial charge in [0.15, 0.2) is 4.34 Å². The van der Waals surface area contributed by atoms with Gasteiger partial charge in [-0.15, -0.1) is 10.2 Å². The molecule has 7 heteroatoms. The Balaban J connectivity index is 1.75. The fraction of sp³-hybridized carbons (Fsp3) is 0.0625. The third-order valence-corrected chi connectivity index (χ3v) is 5.44. The molecule has 4 rings (SSSR count).